The lowest BCUT2D eigenvalue weighted by molar-refractivity contribution is 0.0696. The Morgan fingerprint density at radius 2 is 1.90 bits per heavy atom. The second-order valence-corrected chi connectivity index (χ2v) is 8.00. The first-order valence-corrected chi connectivity index (χ1v) is 8.87. The lowest BCUT2D eigenvalue weighted by Crippen LogP contribution is -2.30. The molecule has 1 aliphatic heterocycles. The van der Waals surface area contributed by atoms with Crippen LogP contribution >= 0.6 is 0 Å². The Hall–Kier alpha value is -1.40. The molecule has 5 nitrogen and oxygen atoms in total. The third-order valence-electron chi connectivity index (χ3n) is 4.61. The molecule has 2 atom stereocenters. The highest BCUT2D eigenvalue weighted by atomic mass is 32.2. The van der Waals surface area contributed by atoms with Gasteiger partial charge in [-0.1, -0.05) is 18.6 Å². The fourth-order valence-electron chi connectivity index (χ4n) is 3.52. The summed E-state index contributed by atoms with van der Waals surface area (Å²) in [5.74, 6) is -0.117. The van der Waals surface area contributed by atoms with E-state index in [0.717, 1.165) is 12.8 Å². The molecule has 1 aliphatic carbocycles. The number of fused-ring (bicyclic) bond motifs is 1. The molecule has 1 aromatic rings. The van der Waals surface area contributed by atoms with E-state index in [0.29, 0.717) is 30.5 Å². The Kier molecular flexibility index (Phi) is 3.75. The van der Waals surface area contributed by atoms with E-state index in [1.165, 1.54) is 18.6 Å². The molecule has 3 rings (SSSR count). The van der Waals surface area contributed by atoms with Crippen molar-refractivity contribution in [1.82, 2.24) is 4.31 Å². The molecule has 114 valence electrons. The zero-order valence-corrected chi connectivity index (χ0v) is 12.6. The Labute approximate surface area is 124 Å². The van der Waals surface area contributed by atoms with Crippen LogP contribution in [0.25, 0.3) is 0 Å². The van der Waals surface area contributed by atoms with Crippen molar-refractivity contribution in [2.75, 3.05) is 13.1 Å². The Balaban J connectivity index is 1.74. The third kappa shape index (κ3) is 2.96. The number of carbonyl (C=O) groups is 1. The smallest absolute Gasteiger partial charge is 0.335 e. The molecule has 0 amide bonds. The Morgan fingerprint density at radius 3 is 2.52 bits per heavy atom. The number of rotatable bonds is 4. The largest absolute Gasteiger partial charge is 0.478 e. The van der Waals surface area contributed by atoms with Crippen LogP contribution in [0.3, 0.4) is 0 Å². The van der Waals surface area contributed by atoms with E-state index in [1.807, 2.05) is 0 Å². The summed E-state index contributed by atoms with van der Waals surface area (Å²) >= 11 is 0. The van der Waals surface area contributed by atoms with Crippen LogP contribution in [0.4, 0.5) is 0 Å². The number of carboxylic acid groups (broad SMARTS) is 1. The first kappa shape index (κ1) is 14.5. The van der Waals surface area contributed by atoms with Crippen molar-refractivity contribution in [2.45, 2.75) is 25.0 Å². The van der Waals surface area contributed by atoms with Crippen LogP contribution in [0.1, 0.15) is 35.2 Å². The van der Waals surface area contributed by atoms with Gasteiger partial charge in [-0.05, 0) is 42.4 Å². The fraction of sp³-hybridized carbons (Fsp3) is 0.533. The zero-order valence-electron chi connectivity index (χ0n) is 11.7. The SMILES string of the molecule is O=C(O)c1cccc(CS(=O)(=O)N2CC3CCCC3C2)c1. The Morgan fingerprint density at radius 1 is 1.24 bits per heavy atom. The normalized spacial score (nSPS) is 25.9. The zero-order chi connectivity index (χ0) is 15.0. The lowest BCUT2D eigenvalue weighted by Gasteiger charge is -2.17. The molecule has 0 radical (unpaired) electrons. The fourth-order valence-corrected chi connectivity index (χ4v) is 5.14. The highest BCUT2D eigenvalue weighted by molar-refractivity contribution is 7.88. The van der Waals surface area contributed by atoms with Crippen LogP contribution in [-0.2, 0) is 15.8 Å². The third-order valence-corrected chi connectivity index (χ3v) is 6.39. The van der Waals surface area contributed by atoms with E-state index in [4.69, 9.17) is 5.11 Å². The van der Waals surface area contributed by atoms with Gasteiger partial charge in [-0.15, -0.1) is 0 Å². The van der Waals surface area contributed by atoms with E-state index in [9.17, 15) is 13.2 Å². The predicted octanol–water partition coefficient (Wildman–Crippen LogP) is 1.95. The van der Waals surface area contributed by atoms with Crippen molar-refractivity contribution < 1.29 is 18.3 Å². The van der Waals surface area contributed by atoms with Gasteiger partial charge in [-0.25, -0.2) is 17.5 Å². The minimum atomic E-state index is -3.36. The predicted molar refractivity (Wildman–Crippen MR) is 78.4 cm³/mol. The lowest BCUT2D eigenvalue weighted by atomic mass is 10.0. The van der Waals surface area contributed by atoms with Crippen molar-refractivity contribution in [3.05, 3.63) is 35.4 Å². The Bertz CT molecular complexity index is 643. The van der Waals surface area contributed by atoms with E-state index < -0.39 is 16.0 Å². The number of hydrogen-bond donors (Lipinski definition) is 1. The average molecular weight is 309 g/mol. The van der Waals surface area contributed by atoms with Crippen molar-refractivity contribution >= 4 is 16.0 Å². The number of aromatic carboxylic acids is 1. The first-order valence-electron chi connectivity index (χ1n) is 7.26. The molecule has 0 bridgehead atoms. The summed E-state index contributed by atoms with van der Waals surface area (Å²) in [6.45, 7) is 1.26. The molecule has 0 spiro atoms. The summed E-state index contributed by atoms with van der Waals surface area (Å²) in [6, 6.07) is 6.17. The van der Waals surface area contributed by atoms with Gasteiger partial charge in [-0.2, -0.15) is 0 Å². The number of carboxylic acids is 1. The summed E-state index contributed by atoms with van der Waals surface area (Å²) in [5.41, 5.74) is 0.660. The summed E-state index contributed by atoms with van der Waals surface area (Å²) in [7, 11) is -3.36. The van der Waals surface area contributed by atoms with Crippen LogP contribution in [-0.4, -0.2) is 36.9 Å². The summed E-state index contributed by atoms with van der Waals surface area (Å²) in [4.78, 5) is 10.9. The molecule has 2 unspecified atom stereocenters. The number of sulfonamides is 1. The van der Waals surface area contributed by atoms with Crippen LogP contribution < -0.4 is 0 Å². The first-order chi connectivity index (χ1) is 9.95. The number of hydrogen-bond acceptors (Lipinski definition) is 3. The van der Waals surface area contributed by atoms with Crippen LogP contribution in [0.15, 0.2) is 24.3 Å². The summed E-state index contributed by atoms with van der Waals surface area (Å²) in [6.07, 6.45) is 3.47. The summed E-state index contributed by atoms with van der Waals surface area (Å²) < 4.78 is 26.6. The van der Waals surface area contributed by atoms with Crippen LogP contribution in [0, 0.1) is 11.8 Å². The molecule has 21 heavy (non-hydrogen) atoms. The highest BCUT2D eigenvalue weighted by Gasteiger charge is 2.40. The standard InChI is InChI=1S/C15H19NO4S/c17-15(18)12-4-1-3-11(7-12)10-21(19,20)16-8-13-5-2-6-14(13)9-16/h1,3-4,7,13-14H,2,5-6,8-10H2,(H,17,18). The van der Waals surface area contributed by atoms with Gasteiger partial charge in [0.1, 0.15) is 0 Å². The molecule has 1 aromatic carbocycles. The maximum atomic E-state index is 12.5. The van der Waals surface area contributed by atoms with Gasteiger partial charge in [-0.3, -0.25) is 0 Å². The van der Waals surface area contributed by atoms with Gasteiger partial charge in [0.25, 0.3) is 0 Å². The molecule has 2 fully saturated rings. The summed E-state index contributed by atoms with van der Waals surface area (Å²) in [5, 5.41) is 8.97. The molecule has 1 N–H and O–H groups in total. The minimum Gasteiger partial charge on any atom is -0.478 e. The molecule has 1 saturated carbocycles. The van der Waals surface area contributed by atoms with E-state index in [-0.39, 0.29) is 11.3 Å². The highest BCUT2D eigenvalue weighted by Crippen LogP contribution is 2.39. The van der Waals surface area contributed by atoms with E-state index >= 15 is 0 Å². The maximum absolute atomic E-state index is 12.5. The van der Waals surface area contributed by atoms with Crippen molar-refractivity contribution in [3.8, 4) is 0 Å². The molecule has 6 heteroatoms. The number of nitrogens with zero attached hydrogens (tertiary/aromatic N) is 1. The molecule has 0 aromatic heterocycles. The van der Waals surface area contributed by atoms with Crippen molar-refractivity contribution in [1.29, 1.82) is 0 Å². The molecular formula is C15H19NO4S. The van der Waals surface area contributed by atoms with Crippen LogP contribution in [0.2, 0.25) is 0 Å². The average Bonchev–Trinajstić information content (AvgIpc) is 2.99. The quantitative estimate of drug-likeness (QED) is 0.922. The van der Waals surface area contributed by atoms with Gasteiger partial charge in [0, 0.05) is 13.1 Å². The van der Waals surface area contributed by atoms with Gasteiger partial charge in [0.2, 0.25) is 10.0 Å². The van der Waals surface area contributed by atoms with E-state index in [1.54, 1.807) is 16.4 Å². The monoisotopic (exact) mass is 309 g/mol. The van der Waals surface area contributed by atoms with E-state index in [2.05, 4.69) is 0 Å². The van der Waals surface area contributed by atoms with Crippen LogP contribution in [0.5, 0.6) is 0 Å². The van der Waals surface area contributed by atoms with Gasteiger partial charge < -0.3 is 5.11 Å². The number of benzene rings is 1. The molecular weight excluding hydrogens is 290 g/mol. The molecule has 1 saturated heterocycles. The van der Waals surface area contributed by atoms with Gasteiger partial charge in [0.15, 0.2) is 0 Å². The van der Waals surface area contributed by atoms with Gasteiger partial charge in [0.05, 0.1) is 11.3 Å². The topological polar surface area (TPSA) is 74.7 Å². The molecule has 1 heterocycles. The van der Waals surface area contributed by atoms with Crippen molar-refractivity contribution in [2.24, 2.45) is 11.8 Å². The minimum absolute atomic E-state index is 0.118. The van der Waals surface area contributed by atoms with Crippen molar-refractivity contribution in [3.63, 3.8) is 0 Å². The second-order valence-electron chi connectivity index (χ2n) is 6.03. The maximum Gasteiger partial charge on any atom is 0.335 e. The second kappa shape index (κ2) is 5.42. The van der Waals surface area contributed by atoms with Gasteiger partial charge >= 0.3 is 5.97 Å². The molecule has 2 aliphatic rings.